The Labute approximate surface area is 130 Å². The Morgan fingerprint density at radius 2 is 1.90 bits per heavy atom. The zero-order valence-corrected chi connectivity index (χ0v) is 12.9. The van der Waals surface area contributed by atoms with Gasteiger partial charge in [-0.25, -0.2) is 4.79 Å². The van der Waals surface area contributed by atoms with Crippen molar-refractivity contribution in [3.63, 3.8) is 0 Å². The van der Waals surface area contributed by atoms with Crippen LogP contribution in [0.25, 0.3) is 22.0 Å². The third-order valence-electron chi connectivity index (χ3n) is 3.30. The van der Waals surface area contributed by atoms with Gasteiger partial charge in [0, 0.05) is 21.6 Å². The topological polar surface area (TPSA) is 39.2 Å². The zero-order chi connectivity index (χ0) is 14.8. The van der Waals surface area contributed by atoms with Gasteiger partial charge in [0.2, 0.25) is 0 Å². The van der Waals surface area contributed by atoms with Crippen LogP contribution < -0.4 is 0 Å². The molecule has 3 aromatic rings. The molecule has 3 nitrogen and oxygen atoms in total. The molecule has 0 aliphatic rings. The van der Waals surface area contributed by atoms with Crippen LogP contribution in [0.2, 0.25) is 0 Å². The molecule has 2 aromatic carbocycles. The molecule has 0 unspecified atom stereocenters. The normalized spacial score (nSPS) is 10.6. The molecular formula is C17H12BrNO2. The molecule has 104 valence electrons. The van der Waals surface area contributed by atoms with Crippen LogP contribution in [-0.2, 0) is 4.74 Å². The fraction of sp³-hybridized carbons (Fsp3) is 0.0588. The number of aromatic nitrogens is 1. The maximum absolute atomic E-state index is 12.1. The van der Waals surface area contributed by atoms with E-state index in [1.165, 1.54) is 7.11 Å². The predicted octanol–water partition coefficient (Wildman–Crippen LogP) is 4.45. The van der Waals surface area contributed by atoms with E-state index in [4.69, 9.17) is 4.74 Å². The molecule has 0 atom stereocenters. The highest BCUT2D eigenvalue weighted by Crippen LogP contribution is 2.33. The summed E-state index contributed by atoms with van der Waals surface area (Å²) in [6, 6.07) is 15.6. The summed E-state index contributed by atoms with van der Waals surface area (Å²) in [6.07, 6.45) is 1.57. The Hall–Kier alpha value is -2.20. The minimum atomic E-state index is -0.386. The minimum absolute atomic E-state index is 0.386. The molecule has 0 bridgehead atoms. The molecule has 0 aliphatic carbocycles. The lowest BCUT2D eigenvalue weighted by molar-refractivity contribution is 0.0601. The Balaban J connectivity index is 2.40. The van der Waals surface area contributed by atoms with E-state index in [1.54, 1.807) is 6.20 Å². The molecule has 1 aromatic heterocycles. The third kappa shape index (κ3) is 2.54. The highest BCUT2D eigenvalue weighted by atomic mass is 79.9. The molecule has 4 heteroatoms. The molecule has 0 saturated carbocycles. The Morgan fingerprint density at radius 3 is 2.62 bits per heavy atom. The van der Waals surface area contributed by atoms with Gasteiger partial charge in [0.25, 0.3) is 0 Å². The molecule has 21 heavy (non-hydrogen) atoms. The second-order valence-electron chi connectivity index (χ2n) is 4.57. The van der Waals surface area contributed by atoms with Crippen molar-refractivity contribution >= 4 is 32.8 Å². The fourth-order valence-corrected chi connectivity index (χ4v) is 2.71. The van der Waals surface area contributed by atoms with Crippen molar-refractivity contribution in [1.29, 1.82) is 0 Å². The van der Waals surface area contributed by atoms with E-state index >= 15 is 0 Å². The molecule has 1 heterocycles. The molecule has 0 spiro atoms. The van der Waals surface area contributed by atoms with E-state index in [2.05, 4.69) is 20.9 Å². The predicted molar refractivity (Wildman–Crippen MR) is 86.2 cm³/mol. The van der Waals surface area contributed by atoms with Gasteiger partial charge >= 0.3 is 5.97 Å². The van der Waals surface area contributed by atoms with E-state index in [9.17, 15) is 4.79 Å². The van der Waals surface area contributed by atoms with Crippen molar-refractivity contribution in [2.75, 3.05) is 7.11 Å². The van der Waals surface area contributed by atoms with Gasteiger partial charge in [0.15, 0.2) is 0 Å². The summed E-state index contributed by atoms with van der Waals surface area (Å²) >= 11 is 3.47. The van der Waals surface area contributed by atoms with Crippen molar-refractivity contribution in [3.05, 3.63) is 64.8 Å². The summed E-state index contributed by atoms with van der Waals surface area (Å²) in [5, 5.41) is 0.915. The highest BCUT2D eigenvalue weighted by Gasteiger charge is 2.17. The van der Waals surface area contributed by atoms with Crippen molar-refractivity contribution in [2.45, 2.75) is 0 Å². The number of hydrogen-bond donors (Lipinski definition) is 0. The summed E-state index contributed by atoms with van der Waals surface area (Å²) in [6.45, 7) is 0. The Morgan fingerprint density at radius 1 is 1.14 bits per heavy atom. The number of halogens is 1. The number of benzene rings is 2. The van der Waals surface area contributed by atoms with Gasteiger partial charge < -0.3 is 4.74 Å². The molecule has 0 aliphatic heterocycles. The lowest BCUT2D eigenvalue weighted by Crippen LogP contribution is -2.05. The average Bonchev–Trinajstić information content (AvgIpc) is 2.53. The van der Waals surface area contributed by atoms with Crippen LogP contribution in [0.15, 0.2) is 59.2 Å². The number of carbonyl (C=O) groups is 1. The molecule has 0 saturated heterocycles. The smallest absolute Gasteiger partial charge is 0.340 e. The van der Waals surface area contributed by atoms with Crippen molar-refractivity contribution in [1.82, 2.24) is 4.98 Å². The van der Waals surface area contributed by atoms with Crippen LogP contribution in [0, 0.1) is 0 Å². The first-order valence-corrected chi connectivity index (χ1v) is 7.22. The summed E-state index contributed by atoms with van der Waals surface area (Å²) < 4.78 is 5.83. The number of ether oxygens (including phenoxy) is 1. The second kappa shape index (κ2) is 5.66. The highest BCUT2D eigenvalue weighted by molar-refractivity contribution is 9.10. The molecule has 0 N–H and O–H groups in total. The van der Waals surface area contributed by atoms with Gasteiger partial charge in [-0.1, -0.05) is 46.3 Å². The lowest BCUT2D eigenvalue weighted by Gasteiger charge is -2.11. The van der Waals surface area contributed by atoms with Crippen LogP contribution in [0.4, 0.5) is 0 Å². The van der Waals surface area contributed by atoms with Gasteiger partial charge in [-0.15, -0.1) is 0 Å². The Kier molecular flexibility index (Phi) is 3.71. The van der Waals surface area contributed by atoms with Gasteiger partial charge in [-0.2, -0.15) is 0 Å². The summed E-state index contributed by atoms with van der Waals surface area (Å²) in [4.78, 5) is 16.4. The molecule has 0 amide bonds. The number of carbonyl (C=O) groups excluding carboxylic acids is 1. The number of methoxy groups -OCH3 is 1. The first kappa shape index (κ1) is 13.8. The van der Waals surface area contributed by atoms with Crippen LogP contribution in [0.3, 0.4) is 0 Å². The van der Waals surface area contributed by atoms with Crippen LogP contribution in [0.5, 0.6) is 0 Å². The summed E-state index contributed by atoms with van der Waals surface area (Å²) in [5.74, 6) is -0.386. The molecular weight excluding hydrogens is 330 g/mol. The standard InChI is InChI=1S/C17H12BrNO2/c1-21-17(20)14-10-19-15-8-7-12(18)9-13(15)16(14)11-5-3-2-4-6-11/h2-10H,1H3. The first-order chi connectivity index (χ1) is 10.2. The van der Waals surface area contributed by atoms with E-state index < -0.39 is 0 Å². The van der Waals surface area contributed by atoms with E-state index in [1.807, 2.05) is 48.5 Å². The number of rotatable bonds is 2. The van der Waals surface area contributed by atoms with Crippen LogP contribution in [0.1, 0.15) is 10.4 Å². The molecule has 0 fully saturated rings. The maximum Gasteiger partial charge on any atom is 0.340 e. The van der Waals surface area contributed by atoms with Crippen LogP contribution >= 0.6 is 15.9 Å². The quantitative estimate of drug-likeness (QED) is 0.646. The number of pyridine rings is 1. The second-order valence-corrected chi connectivity index (χ2v) is 5.48. The number of nitrogens with zero attached hydrogens (tertiary/aromatic N) is 1. The van der Waals surface area contributed by atoms with Gasteiger partial charge in [0.1, 0.15) is 0 Å². The van der Waals surface area contributed by atoms with Crippen molar-refractivity contribution in [3.8, 4) is 11.1 Å². The molecule has 3 rings (SSSR count). The van der Waals surface area contributed by atoms with E-state index in [0.717, 1.165) is 26.5 Å². The Bertz CT molecular complexity index is 816. The summed E-state index contributed by atoms with van der Waals surface area (Å²) in [5.41, 5.74) is 3.11. The largest absolute Gasteiger partial charge is 0.465 e. The van der Waals surface area contributed by atoms with Gasteiger partial charge in [-0.3, -0.25) is 4.98 Å². The fourth-order valence-electron chi connectivity index (χ4n) is 2.35. The lowest BCUT2D eigenvalue weighted by atomic mass is 9.96. The maximum atomic E-state index is 12.1. The van der Waals surface area contributed by atoms with E-state index in [-0.39, 0.29) is 5.97 Å². The van der Waals surface area contributed by atoms with Crippen molar-refractivity contribution < 1.29 is 9.53 Å². The number of hydrogen-bond acceptors (Lipinski definition) is 3. The average molecular weight is 342 g/mol. The first-order valence-electron chi connectivity index (χ1n) is 6.42. The third-order valence-corrected chi connectivity index (χ3v) is 3.79. The van der Waals surface area contributed by atoms with Gasteiger partial charge in [-0.05, 0) is 23.8 Å². The molecule has 0 radical (unpaired) electrons. The minimum Gasteiger partial charge on any atom is -0.465 e. The monoisotopic (exact) mass is 341 g/mol. The number of fused-ring (bicyclic) bond motifs is 1. The van der Waals surface area contributed by atoms with E-state index in [0.29, 0.717) is 5.56 Å². The zero-order valence-electron chi connectivity index (χ0n) is 11.3. The van der Waals surface area contributed by atoms with Gasteiger partial charge in [0.05, 0.1) is 18.2 Å². The van der Waals surface area contributed by atoms with Crippen molar-refractivity contribution in [2.24, 2.45) is 0 Å². The SMILES string of the molecule is COC(=O)c1cnc2ccc(Br)cc2c1-c1ccccc1. The van der Waals surface area contributed by atoms with Crippen LogP contribution in [-0.4, -0.2) is 18.1 Å². The summed E-state index contributed by atoms with van der Waals surface area (Å²) in [7, 11) is 1.38. The number of esters is 1.